The van der Waals surface area contributed by atoms with E-state index in [4.69, 9.17) is 4.98 Å². The fraction of sp³-hybridized carbons (Fsp3) is 0.684. The van der Waals surface area contributed by atoms with Crippen molar-refractivity contribution in [1.82, 2.24) is 24.7 Å². The molecule has 3 aliphatic rings. The van der Waals surface area contributed by atoms with Crippen molar-refractivity contribution in [2.24, 2.45) is 0 Å². The van der Waals surface area contributed by atoms with Gasteiger partial charge in [-0.1, -0.05) is 6.42 Å². The Labute approximate surface area is 154 Å². The minimum Gasteiger partial charge on any atom is -0.341 e. The van der Waals surface area contributed by atoms with Crippen LogP contribution < -0.4 is 0 Å². The van der Waals surface area contributed by atoms with Crippen LogP contribution in [0.1, 0.15) is 55.7 Å². The first kappa shape index (κ1) is 17.4. The van der Waals surface area contributed by atoms with E-state index in [-0.39, 0.29) is 17.9 Å². The Bertz CT molecular complexity index is 703. The summed E-state index contributed by atoms with van der Waals surface area (Å²) in [7, 11) is 0. The molecule has 140 valence electrons. The Hall–Kier alpha value is -2.02. The largest absolute Gasteiger partial charge is 0.341 e. The van der Waals surface area contributed by atoms with Crippen LogP contribution in [0.25, 0.3) is 0 Å². The minimum absolute atomic E-state index is 0.0997. The second-order valence-corrected chi connectivity index (χ2v) is 7.61. The number of carbonyl (C=O) groups excluding carboxylic acids is 2. The number of fused-ring (bicyclic) bond motifs is 1. The van der Waals surface area contributed by atoms with E-state index in [9.17, 15) is 9.59 Å². The third kappa shape index (κ3) is 3.45. The highest BCUT2D eigenvalue weighted by Gasteiger charge is 2.31. The maximum absolute atomic E-state index is 12.4. The molecule has 2 fully saturated rings. The molecule has 7 heteroatoms. The Morgan fingerprint density at radius 1 is 1.12 bits per heavy atom. The molecule has 4 heterocycles. The van der Waals surface area contributed by atoms with Crippen LogP contribution in [-0.2, 0) is 22.6 Å². The number of rotatable bonds is 3. The second kappa shape index (κ2) is 7.31. The zero-order valence-electron chi connectivity index (χ0n) is 15.5. The molecule has 0 bridgehead atoms. The van der Waals surface area contributed by atoms with Gasteiger partial charge in [0.15, 0.2) is 0 Å². The summed E-state index contributed by atoms with van der Waals surface area (Å²) >= 11 is 0. The molecule has 3 aliphatic heterocycles. The summed E-state index contributed by atoms with van der Waals surface area (Å²) in [6, 6.07) is 0.130. The number of hydrogen-bond donors (Lipinski definition) is 0. The Kier molecular flexibility index (Phi) is 4.89. The molecular weight excluding hydrogens is 330 g/mol. The van der Waals surface area contributed by atoms with Gasteiger partial charge in [0.2, 0.25) is 11.8 Å². The summed E-state index contributed by atoms with van der Waals surface area (Å²) < 4.78 is 0. The number of carbonyl (C=O) groups is 2. The van der Waals surface area contributed by atoms with Crippen molar-refractivity contribution in [3.8, 4) is 0 Å². The Balaban J connectivity index is 1.49. The van der Waals surface area contributed by atoms with Gasteiger partial charge in [-0.3, -0.25) is 14.5 Å². The molecular formula is C19H27N5O2. The van der Waals surface area contributed by atoms with Gasteiger partial charge in [-0.25, -0.2) is 9.97 Å². The summed E-state index contributed by atoms with van der Waals surface area (Å²) in [5, 5.41) is 0. The van der Waals surface area contributed by atoms with Crippen LogP contribution in [-0.4, -0.2) is 69.2 Å². The molecule has 0 spiro atoms. The lowest BCUT2D eigenvalue weighted by Gasteiger charge is -2.38. The molecule has 26 heavy (non-hydrogen) atoms. The van der Waals surface area contributed by atoms with E-state index >= 15 is 0 Å². The Morgan fingerprint density at radius 3 is 2.69 bits per heavy atom. The normalized spacial score (nSPS) is 23.3. The molecule has 1 atom stereocenters. The first-order valence-corrected chi connectivity index (χ1v) is 9.74. The molecule has 0 N–H and O–H groups in total. The smallest absolute Gasteiger partial charge is 0.236 e. The lowest BCUT2D eigenvalue weighted by Crippen LogP contribution is -2.48. The predicted octanol–water partition coefficient (Wildman–Crippen LogP) is 1.14. The van der Waals surface area contributed by atoms with Gasteiger partial charge >= 0.3 is 0 Å². The van der Waals surface area contributed by atoms with Crippen molar-refractivity contribution < 1.29 is 9.59 Å². The predicted molar refractivity (Wildman–Crippen MR) is 96.2 cm³/mol. The second-order valence-electron chi connectivity index (χ2n) is 7.61. The van der Waals surface area contributed by atoms with Crippen LogP contribution in [0.5, 0.6) is 0 Å². The van der Waals surface area contributed by atoms with E-state index in [0.29, 0.717) is 13.1 Å². The molecule has 7 nitrogen and oxygen atoms in total. The third-order valence-corrected chi connectivity index (χ3v) is 5.86. The monoisotopic (exact) mass is 357 g/mol. The average molecular weight is 357 g/mol. The number of aromatic nitrogens is 2. The first-order chi connectivity index (χ1) is 12.6. The molecule has 0 saturated carbocycles. The summed E-state index contributed by atoms with van der Waals surface area (Å²) in [4.78, 5) is 39.5. The van der Waals surface area contributed by atoms with Crippen molar-refractivity contribution in [2.45, 2.75) is 51.6 Å². The van der Waals surface area contributed by atoms with Gasteiger partial charge < -0.3 is 9.80 Å². The highest BCUT2D eigenvalue weighted by atomic mass is 16.2. The molecule has 1 aromatic heterocycles. The fourth-order valence-electron chi connectivity index (χ4n) is 4.07. The van der Waals surface area contributed by atoms with Crippen molar-refractivity contribution in [1.29, 1.82) is 0 Å². The maximum atomic E-state index is 12.4. The molecule has 0 radical (unpaired) electrons. The van der Waals surface area contributed by atoms with Crippen LogP contribution in [0.2, 0.25) is 0 Å². The van der Waals surface area contributed by atoms with Crippen molar-refractivity contribution in [3.05, 3.63) is 23.3 Å². The third-order valence-electron chi connectivity index (χ3n) is 5.86. The van der Waals surface area contributed by atoms with Crippen LogP contribution in [0.4, 0.5) is 0 Å². The standard InChI is InChI=1S/C19H27N5O2/c1-14(25)23-10-6-16-15(12-23)11-20-19(21-16)17-5-2-3-7-24(17)13-18(26)22-8-4-9-22/h11,17H,2-10,12-13H2,1H3/t17-/m0/s1. The number of amides is 2. The first-order valence-electron chi connectivity index (χ1n) is 9.74. The van der Waals surface area contributed by atoms with Crippen LogP contribution in [0.3, 0.4) is 0 Å². The summed E-state index contributed by atoms with van der Waals surface area (Å²) in [5.74, 6) is 1.18. The quantitative estimate of drug-likeness (QED) is 0.811. The lowest BCUT2D eigenvalue weighted by atomic mass is 10.00. The molecule has 0 aliphatic carbocycles. The molecule has 0 aromatic carbocycles. The zero-order valence-corrected chi connectivity index (χ0v) is 15.5. The SMILES string of the molecule is CC(=O)N1CCc2nc([C@@H]3CCCCN3CC(=O)N3CCC3)ncc2C1. The van der Waals surface area contributed by atoms with Gasteiger partial charge in [0, 0.05) is 51.3 Å². The Morgan fingerprint density at radius 2 is 1.96 bits per heavy atom. The highest BCUT2D eigenvalue weighted by molar-refractivity contribution is 5.79. The van der Waals surface area contributed by atoms with E-state index in [1.54, 1.807) is 6.92 Å². The van der Waals surface area contributed by atoms with Gasteiger partial charge in [-0.2, -0.15) is 0 Å². The zero-order chi connectivity index (χ0) is 18.1. The van der Waals surface area contributed by atoms with Crippen LogP contribution >= 0.6 is 0 Å². The maximum Gasteiger partial charge on any atom is 0.236 e. The minimum atomic E-state index is 0.0997. The van der Waals surface area contributed by atoms with E-state index < -0.39 is 0 Å². The van der Waals surface area contributed by atoms with Gasteiger partial charge in [-0.05, 0) is 25.8 Å². The lowest BCUT2D eigenvalue weighted by molar-refractivity contribution is -0.137. The molecule has 1 aromatic rings. The van der Waals surface area contributed by atoms with Gasteiger partial charge in [0.25, 0.3) is 0 Å². The average Bonchev–Trinajstić information content (AvgIpc) is 2.59. The van der Waals surface area contributed by atoms with E-state index in [1.807, 2.05) is 16.0 Å². The van der Waals surface area contributed by atoms with Crippen LogP contribution in [0, 0.1) is 0 Å². The van der Waals surface area contributed by atoms with E-state index in [0.717, 1.165) is 75.4 Å². The fourth-order valence-corrected chi connectivity index (χ4v) is 4.07. The van der Waals surface area contributed by atoms with E-state index in [2.05, 4.69) is 9.88 Å². The number of likely N-dealkylation sites (tertiary alicyclic amines) is 2. The van der Waals surface area contributed by atoms with Gasteiger partial charge in [0.05, 0.1) is 18.3 Å². The number of piperidine rings is 1. The molecule has 0 unspecified atom stereocenters. The van der Waals surface area contributed by atoms with Crippen LogP contribution in [0.15, 0.2) is 6.20 Å². The topological polar surface area (TPSA) is 69.6 Å². The highest BCUT2D eigenvalue weighted by Crippen LogP contribution is 2.30. The summed E-state index contributed by atoms with van der Waals surface area (Å²) in [6.07, 6.45) is 7.08. The summed E-state index contributed by atoms with van der Waals surface area (Å²) in [5.41, 5.74) is 2.11. The number of nitrogens with zero attached hydrogens (tertiary/aromatic N) is 5. The van der Waals surface area contributed by atoms with Gasteiger partial charge in [-0.15, -0.1) is 0 Å². The number of hydrogen-bond acceptors (Lipinski definition) is 5. The summed E-state index contributed by atoms with van der Waals surface area (Å²) in [6.45, 7) is 6.15. The van der Waals surface area contributed by atoms with Crippen molar-refractivity contribution in [2.75, 3.05) is 32.7 Å². The molecule has 4 rings (SSSR count). The molecule has 2 amide bonds. The van der Waals surface area contributed by atoms with E-state index in [1.165, 1.54) is 0 Å². The van der Waals surface area contributed by atoms with Crippen molar-refractivity contribution >= 4 is 11.8 Å². The van der Waals surface area contributed by atoms with Crippen molar-refractivity contribution in [3.63, 3.8) is 0 Å². The van der Waals surface area contributed by atoms with Gasteiger partial charge in [0.1, 0.15) is 5.82 Å². The molecule has 2 saturated heterocycles.